The first-order valence-corrected chi connectivity index (χ1v) is 7.03. The number of aromatic nitrogens is 1. The van der Waals surface area contributed by atoms with Crippen LogP contribution in [0.25, 0.3) is 11.1 Å². The molecule has 0 saturated heterocycles. The Kier molecular flexibility index (Phi) is 3.98. The summed E-state index contributed by atoms with van der Waals surface area (Å²) < 4.78 is 10.8. The number of hydrogen-bond donors (Lipinski definition) is 1. The van der Waals surface area contributed by atoms with Gasteiger partial charge in [-0.1, -0.05) is 11.6 Å². The lowest BCUT2D eigenvalue weighted by Gasteiger charge is -2.07. The van der Waals surface area contributed by atoms with Gasteiger partial charge in [-0.05, 0) is 42.5 Å². The minimum atomic E-state index is -0.255. The quantitative estimate of drug-likeness (QED) is 0.795. The highest BCUT2D eigenvalue weighted by Gasteiger charge is 2.07. The van der Waals surface area contributed by atoms with Gasteiger partial charge in [0, 0.05) is 17.6 Å². The van der Waals surface area contributed by atoms with Crippen molar-refractivity contribution < 1.29 is 13.9 Å². The summed E-state index contributed by atoms with van der Waals surface area (Å²) in [5, 5.41) is 3.37. The number of fused-ring (bicyclic) bond motifs is 1. The van der Waals surface area contributed by atoms with Crippen molar-refractivity contribution in [2.75, 3.05) is 11.9 Å². The number of aryl methyl sites for hydroxylation is 1. The fourth-order valence-electron chi connectivity index (χ4n) is 2.00. The van der Waals surface area contributed by atoms with Gasteiger partial charge in [-0.25, -0.2) is 4.98 Å². The number of anilines is 1. The second kappa shape index (κ2) is 6.07. The number of benzene rings is 2. The molecule has 1 heterocycles. The average molecular weight is 317 g/mol. The number of carbonyl (C=O) groups is 1. The molecule has 0 unspecified atom stereocenters. The zero-order valence-corrected chi connectivity index (χ0v) is 12.6. The van der Waals surface area contributed by atoms with E-state index in [1.807, 2.05) is 0 Å². The van der Waals surface area contributed by atoms with Crippen molar-refractivity contribution in [2.24, 2.45) is 0 Å². The molecule has 0 fully saturated rings. The maximum Gasteiger partial charge on any atom is 0.262 e. The lowest BCUT2D eigenvalue weighted by Crippen LogP contribution is -2.20. The number of rotatable bonds is 4. The number of nitrogens with one attached hydrogen (secondary N) is 1. The summed E-state index contributed by atoms with van der Waals surface area (Å²) >= 11 is 5.78. The molecule has 0 saturated carbocycles. The van der Waals surface area contributed by atoms with Crippen LogP contribution in [-0.4, -0.2) is 17.5 Å². The standard InChI is InChI=1S/C16H13ClN2O3/c1-10-18-14-8-12(4-7-15(14)22-10)19-16(20)9-21-13-5-2-11(17)3-6-13/h2-8H,9H2,1H3,(H,19,20). The summed E-state index contributed by atoms with van der Waals surface area (Å²) in [5.41, 5.74) is 2.03. The summed E-state index contributed by atoms with van der Waals surface area (Å²) in [5.74, 6) is 0.918. The molecule has 3 rings (SSSR count). The van der Waals surface area contributed by atoms with E-state index in [-0.39, 0.29) is 12.5 Å². The van der Waals surface area contributed by atoms with Gasteiger partial charge in [0.15, 0.2) is 18.1 Å². The minimum absolute atomic E-state index is 0.0858. The van der Waals surface area contributed by atoms with Crippen LogP contribution in [0, 0.1) is 6.92 Å². The van der Waals surface area contributed by atoms with Crippen molar-refractivity contribution >= 4 is 34.3 Å². The van der Waals surface area contributed by atoms with E-state index in [9.17, 15) is 4.79 Å². The Bertz CT molecular complexity index is 812. The predicted molar refractivity (Wildman–Crippen MR) is 84.3 cm³/mol. The van der Waals surface area contributed by atoms with Crippen molar-refractivity contribution in [3.05, 3.63) is 53.4 Å². The van der Waals surface area contributed by atoms with Gasteiger partial charge in [0.25, 0.3) is 5.91 Å². The van der Waals surface area contributed by atoms with E-state index in [2.05, 4.69) is 10.3 Å². The van der Waals surface area contributed by atoms with Crippen molar-refractivity contribution in [3.8, 4) is 5.75 Å². The zero-order valence-electron chi connectivity index (χ0n) is 11.8. The molecule has 0 atom stereocenters. The highest BCUT2D eigenvalue weighted by Crippen LogP contribution is 2.20. The minimum Gasteiger partial charge on any atom is -0.484 e. The Hall–Kier alpha value is -2.53. The van der Waals surface area contributed by atoms with Gasteiger partial charge in [0.1, 0.15) is 11.3 Å². The molecule has 1 N–H and O–H groups in total. The molecule has 2 aromatic carbocycles. The fraction of sp³-hybridized carbons (Fsp3) is 0.125. The summed E-state index contributed by atoms with van der Waals surface area (Å²) in [7, 11) is 0. The van der Waals surface area contributed by atoms with Gasteiger partial charge in [0.2, 0.25) is 0 Å². The molecule has 112 valence electrons. The highest BCUT2D eigenvalue weighted by molar-refractivity contribution is 6.30. The third-order valence-corrected chi connectivity index (χ3v) is 3.21. The Morgan fingerprint density at radius 3 is 2.82 bits per heavy atom. The summed E-state index contributed by atoms with van der Waals surface area (Å²) in [6.07, 6.45) is 0. The van der Waals surface area contributed by atoms with E-state index in [4.69, 9.17) is 20.8 Å². The van der Waals surface area contributed by atoms with Crippen LogP contribution in [-0.2, 0) is 4.79 Å². The van der Waals surface area contributed by atoms with E-state index >= 15 is 0 Å². The average Bonchev–Trinajstić information content (AvgIpc) is 2.86. The van der Waals surface area contributed by atoms with Crippen LogP contribution in [0.4, 0.5) is 5.69 Å². The lowest BCUT2D eigenvalue weighted by atomic mass is 10.3. The Labute approximate surface area is 131 Å². The lowest BCUT2D eigenvalue weighted by molar-refractivity contribution is -0.118. The largest absolute Gasteiger partial charge is 0.484 e. The number of oxazole rings is 1. The summed E-state index contributed by atoms with van der Waals surface area (Å²) in [6.45, 7) is 1.69. The second-order valence-electron chi connectivity index (χ2n) is 4.71. The van der Waals surface area contributed by atoms with E-state index in [1.165, 1.54) is 0 Å². The first-order chi connectivity index (χ1) is 10.6. The number of halogens is 1. The monoisotopic (exact) mass is 316 g/mol. The van der Waals surface area contributed by atoms with Crippen LogP contribution in [0.3, 0.4) is 0 Å². The van der Waals surface area contributed by atoms with Crippen molar-refractivity contribution in [1.82, 2.24) is 4.98 Å². The SMILES string of the molecule is Cc1nc2cc(NC(=O)COc3ccc(Cl)cc3)ccc2o1. The normalized spacial score (nSPS) is 10.6. The third kappa shape index (κ3) is 3.38. The molecule has 5 nitrogen and oxygen atoms in total. The number of amides is 1. The van der Waals surface area contributed by atoms with Crippen LogP contribution >= 0.6 is 11.6 Å². The maximum atomic E-state index is 11.9. The van der Waals surface area contributed by atoms with E-state index in [1.54, 1.807) is 49.4 Å². The molecular weight excluding hydrogens is 304 g/mol. The zero-order chi connectivity index (χ0) is 15.5. The number of carbonyl (C=O) groups excluding carboxylic acids is 1. The predicted octanol–water partition coefficient (Wildman–Crippen LogP) is 3.81. The van der Waals surface area contributed by atoms with E-state index < -0.39 is 0 Å². The molecule has 0 aliphatic carbocycles. The molecule has 3 aromatic rings. The van der Waals surface area contributed by atoms with Crippen molar-refractivity contribution in [2.45, 2.75) is 6.92 Å². The fourth-order valence-corrected chi connectivity index (χ4v) is 2.12. The molecule has 0 spiro atoms. The number of hydrogen-bond acceptors (Lipinski definition) is 4. The smallest absolute Gasteiger partial charge is 0.262 e. The topological polar surface area (TPSA) is 64.4 Å². The van der Waals surface area contributed by atoms with E-state index in [0.717, 1.165) is 0 Å². The van der Waals surface area contributed by atoms with Crippen molar-refractivity contribution in [3.63, 3.8) is 0 Å². The number of nitrogens with zero attached hydrogens (tertiary/aromatic N) is 1. The molecule has 1 amide bonds. The molecule has 0 bridgehead atoms. The third-order valence-electron chi connectivity index (χ3n) is 2.96. The first-order valence-electron chi connectivity index (χ1n) is 6.65. The summed E-state index contributed by atoms with van der Waals surface area (Å²) in [6, 6.07) is 12.1. The van der Waals surface area contributed by atoms with Gasteiger partial charge in [-0.15, -0.1) is 0 Å². The first kappa shape index (κ1) is 14.4. The molecular formula is C16H13ClN2O3. The van der Waals surface area contributed by atoms with E-state index in [0.29, 0.717) is 33.4 Å². The van der Waals surface area contributed by atoms with Crippen LogP contribution in [0.15, 0.2) is 46.9 Å². The van der Waals surface area contributed by atoms with Crippen LogP contribution < -0.4 is 10.1 Å². The molecule has 1 aromatic heterocycles. The van der Waals surface area contributed by atoms with Gasteiger partial charge < -0.3 is 14.5 Å². The molecule has 6 heteroatoms. The van der Waals surface area contributed by atoms with Crippen LogP contribution in [0.2, 0.25) is 5.02 Å². The molecule has 0 radical (unpaired) electrons. The van der Waals surface area contributed by atoms with Gasteiger partial charge in [-0.2, -0.15) is 0 Å². The second-order valence-corrected chi connectivity index (χ2v) is 5.14. The Morgan fingerprint density at radius 2 is 2.05 bits per heavy atom. The molecule has 22 heavy (non-hydrogen) atoms. The Balaban J connectivity index is 1.61. The molecule has 0 aliphatic rings. The van der Waals surface area contributed by atoms with Gasteiger partial charge in [-0.3, -0.25) is 4.79 Å². The van der Waals surface area contributed by atoms with Crippen LogP contribution in [0.5, 0.6) is 5.75 Å². The summed E-state index contributed by atoms with van der Waals surface area (Å²) in [4.78, 5) is 16.1. The van der Waals surface area contributed by atoms with Crippen LogP contribution in [0.1, 0.15) is 5.89 Å². The van der Waals surface area contributed by atoms with Crippen molar-refractivity contribution in [1.29, 1.82) is 0 Å². The Morgan fingerprint density at radius 1 is 1.27 bits per heavy atom. The molecule has 0 aliphatic heterocycles. The highest BCUT2D eigenvalue weighted by atomic mass is 35.5. The maximum absolute atomic E-state index is 11.9. The van der Waals surface area contributed by atoms with Gasteiger partial charge in [0.05, 0.1) is 0 Å². The van der Waals surface area contributed by atoms with Gasteiger partial charge >= 0.3 is 0 Å². The number of ether oxygens (including phenoxy) is 1.